The Balaban J connectivity index is 2.15. The lowest BCUT2D eigenvalue weighted by Crippen LogP contribution is -2.27. The van der Waals surface area contributed by atoms with Gasteiger partial charge in [0.15, 0.2) is 0 Å². The number of hydrogen-bond acceptors (Lipinski definition) is 4. The molecular weight excluding hydrogens is 258 g/mol. The summed E-state index contributed by atoms with van der Waals surface area (Å²) in [7, 11) is -3.58. The van der Waals surface area contributed by atoms with Gasteiger partial charge in [-0.2, -0.15) is 0 Å². The first-order chi connectivity index (χ1) is 8.35. The number of aromatic nitrogens is 1. The number of carbonyl (C=O) groups is 1. The second-order valence-electron chi connectivity index (χ2n) is 4.32. The maximum atomic E-state index is 11.8. The molecule has 0 saturated carbocycles. The van der Waals surface area contributed by atoms with Gasteiger partial charge < -0.3 is 9.88 Å². The minimum atomic E-state index is -3.58. The number of nitrogens with zero attached hydrogens (tertiary/aromatic N) is 1. The Morgan fingerprint density at radius 2 is 2.11 bits per heavy atom. The third-order valence-corrected chi connectivity index (χ3v) is 3.69. The lowest BCUT2D eigenvalue weighted by atomic mass is 10.1. The van der Waals surface area contributed by atoms with Crippen molar-refractivity contribution >= 4 is 21.6 Å². The topological polar surface area (TPSA) is 113 Å². The molecule has 1 atom stereocenters. The summed E-state index contributed by atoms with van der Waals surface area (Å²) in [6, 6.07) is 2.84. The fourth-order valence-corrected chi connectivity index (χ4v) is 2.92. The smallest absolute Gasteiger partial charge is 0.248 e. The molecule has 2 rings (SSSR count). The molecule has 7 nitrogen and oxygen atoms in total. The molecule has 0 aliphatic carbocycles. The highest BCUT2D eigenvalue weighted by Gasteiger charge is 2.32. The Hall–Kier alpha value is -1.67. The molecule has 1 aromatic rings. The molecule has 1 fully saturated rings. The van der Waals surface area contributed by atoms with E-state index < -0.39 is 10.0 Å². The molecule has 0 spiro atoms. The van der Waals surface area contributed by atoms with Gasteiger partial charge >= 0.3 is 0 Å². The monoisotopic (exact) mass is 271 g/mol. The number of anilines is 1. The van der Waals surface area contributed by atoms with Crippen LogP contribution >= 0.6 is 0 Å². The highest BCUT2D eigenvalue weighted by Crippen LogP contribution is 2.24. The van der Waals surface area contributed by atoms with Gasteiger partial charge in [-0.15, -0.1) is 0 Å². The Morgan fingerprint density at radius 3 is 2.67 bits per heavy atom. The van der Waals surface area contributed by atoms with Gasteiger partial charge in [-0.05, 0) is 6.07 Å². The van der Waals surface area contributed by atoms with Gasteiger partial charge in [-0.1, -0.05) is 0 Å². The van der Waals surface area contributed by atoms with E-state index in [9.17, 15) is 18.0 Å². The molecule has 3 N–H and O–H groups in total. The summed E-state index contributed by atoms with van der Waals surface area (Å²) in [5, 5.41) is 4.96. The molecular formula is C10H13N3O4S. The molecule has 1 amide bonds. The Morgan fingerprint density at radius 1 is 1.39 bits per heavy atom. The number of rotatable bonds is 3. The van der Waals surface area contributed by atoms with Gasteiger partial charge in [0.05, 0.1) is 11.4 Å². The largest absolute Gasteiger partial charge is 0.327 e. The zero-order valence-electron chi connectivity index (χ0n) is 9.50. The molecule has 1 aromatic heterocycles. The number of sulfonamides is 1. The van der Waals surface area contributed by atoms with E-state index in [1.165, 1.54) is 23.2 Å². The Labute approximate surface area is 104 Å². The summed E-state index contributed by atoms with van der Waals surface area (Å²) in [5.41, 5.74) is 0.294. The number of nitrogens with two attached hydrogens (primary N) is 1. The zero-order chi connectivity index (χ0) is 13.3. The second-order valence-corrected chi connectivity index (χ2v) is 5.97. The van der Waals surface area contributed by atoms with Gasteiger partial charge in [0.25, 0.3) is 0 Å². The number of primary sulfonamides is 1. The van der Waals surface area contributed by atoms with Gasteiger partial charge in [0.1, 0.15) is 0 Å². The van der Waals surface area contributed by atoms with Crippen LogP contribution in [-0.4, -0.2) is 31.6 Å². The molecule has 98 valence electrons. The lowest BCUT2D eigenvalue weighted by Gasteiger charge is -2.15. The minimum Gasteiger partial charge on any atom is -0.327 e. The van der Waals surface area contributed by atoms with Crippen molar-refractivity contribution < 1.29 is 13.2 Å². The molecule has 1 aliphatic rings. The van der Waals surface area contributed by atoms with Crippen LogP contribution in [-0.2, 0) is 14.8 Å². The number of H-pyrrole nitrogens is 1. The molecule has 0 radical (unpaired) electrons. The van der Waals surface area contributed by atoms with Crippen molar-refractivity contribution in [3.63, 3.8) is 0 Å². The van der Waals surface area contributed by atoms with E-state index in [0.717, 1.165) is 0 Å². The summed E-state index contributed by atoms with van der Waals surface area (Å²) in [6.07, 6.45) is 1.58. The van der Waals surface area contributed by atoms with Gasteiger partial charge in [0.2, 0.25) is 21.5 Å². The SMILES string of the molecule is NS(=O)(=O)CC1CC(=O)N(c2ccc(=O)[nH]c2)C1. The Bertz CT molecular complexity index is 602. The first-order valence-corrected chi connectivity index (χ1v) is 7.06. The Kier molecular flexibility index (Phi) is 3.22. The zero-order valence-corrected chi connectivity index (χ0v) is 10.3. The van der Waals surface area contributed by atoms with Crippen LogP contribution in [0.15, 0.2) is 23.1 Å². The number of amides is 1. The van der Waals surface area contributed by atoms with E-state index in [-0.39, 0.29) is 29.6 Å². The van der Waals surface area contributed by atoms with Gasteiger partial charge in [-0.25, -0.2) is 13.6 Å². The molecule has 18 heavy (non-hydrogen) atoms. The van der Waals surface area contributed by atoms with Crippen LogP contribution in [0, 0.1) is 5.92 Å². The van der Waals surface area contributed by atoms with E-state index in [0.29, 0.717) is 12.2 Å². The lowest BCUT2D eigenvalue weighted by molar-refractivity contribution is -0.117. The van der Waals surface area contributed by atoms with Crippen molar-refractivity contribution in [3.8, 4) is 0 Å². The quantitative estimate of drug-likeness (QED) is 0.735. The van der Waals surface area contributed by atoms with Crippen molar-refractivity contribution in [2.45, 2.75) is 6.42 Å². The fraction of sp³-hybridized carbons (Fsp3) is 0.400. The highest BCUT2D eigenvalue weighted by atomic mass is 32.2. The molecule has 1 saturated heterocycles. The van der Waals surface area contributed by atoms with Crippen molar-refractivity contribution in [1.29, 1.82) is 0 Å². The average molecular weight is 271 g/mol. The van der Waals surface area contributed by atoms with Crippen LogP contribution in [0.25, 0.3) is 0 Å². The van der Waals surface area contributed by atoms with Crippen LogP contribution < -0.4 is 15.6 Å². The third kappa shape index (κ3) is 2.96. The minimum absolute atomic E-state index is 0.148. The molecule has 1 aliphatic heterocycles. The summed E-state index contributed by atoms with van der Waals surface area (Å²) >= 11 is 0. The van der Waals surface area contributed by atoms with Gasteiger partial charge in [0, 0.05) is 31.1 Å². The van der Waals surface area contributed by atoms with Crippen molar-refractivity contribution in [2.24, 2.45) is 11.1 Å². The van der Waals surface area contributed by atoms with Crippen LogP contribution in [0.1, 0.15) is 6.42 Å². The number of carbonyl (C=O) groups excluding carboxylic acids is 1. The molecule has 8 heteroatoms. The predicted octanol–water partition coefficient (Wildman–Crippen LogP) is -0.984. The maximum absolute atomic E-state index is 11.8. The summed E-state index contributed by atoms with van der Waals surface area (Å²) in [6.45, 7) is 0.293. The van der Waals surface area contributed by atoms with E-state index >= 15 is 0 Å². The predicted molar refractivity (Wildman–Crippen MR) is 65.5 cm³/mol. The first kappa shape index (κ1) is 12.8. The van der Waals surface area contributed by atoms with Crippen LogP contribution in [0.4, 0.5) is 5.69 Å². The third-order valence-electron chi connectivity index (χ3n) is 2.75. The van der Waals surface area contributed by atoms with E-state index in [1.807, 2.05) is 0 Å². The van der Waals surface area contributed by atoms with Gasteiger partial charge in [-0.3, -0.25) is 9.59 Å². The van der Waals surface area contributed by atoms with Crippen LogP contribution in [0.5, 0.6) is 0 Å². The van der Waals surface area contributed by atoms with Crippen molar-refractivity contribution in [1.82, 2.24) is 4.98 Å². The summed E-state index contributed by atoms with van der Waals surface area (Å²) < 4.78 is 22.0. The summed E-state index contributed by atoms with van der Waals surface area (Å²) in [5.74, 6) is -0.686. The van der Waals surface area contributed by atoms with E-state index in [1.54, 1.807) is 0 Å². The second kappa shape index (κ2) is 4.54. The molecule has 2 heterocycles. The molecule has 0 bridgehead atoms. The van der Waals surface area contributed by atoms with Crippen molar-refractivity contribution in [2.75, 3.05) is 17.2 Å². The number of aromatic amines is 1. The summed E-state index contributed by atoms with van der Waals surface area (Å²) in [4.78, 5) is 26.6. The molecule has 0 aromatic carbocycles. The normalized spacial score (nSPS) is 20.4. The first-order valence-electron chi connectivity index (χ1n) is 5.35. The highest BCUT2D eigenvalue weighted by molar-refractivity contribution is 7.89. The molecule has 1 unspecified atom stereocenters. The number of pyridine rings is 1. The van der Waals surface area contributed by atoms with E-state index in [4.69, 9.17) is 5.14 Å². The standard InChI is InChI=1S/C10H13N3O4S/c11-18(16,17)6-7-3-10(15)13(5-7)8-1-2-9(14)12-4-8/h1-2,4,7H,3,5-6H2,(H,12,14)(H2,11,16,17). The number of hydrogen-bond donors (Lipinski definition) is 2. The average Bonchev–Trinajstić information content (AvgIpc) is 2.58. The number of nitrogens with one attached hydrogen (secondary N) is 1. The van der Waals surface area contributed by atoms with E-state index in [2.05, 4.69) is 4.98 Å². The van der Waals surface area contributed by atoms with Crippen LogP contribution in [0.3, 0.4) is 0 Å². The van der Waals surface area contributed by atoms with Crippen molar-refractivity contribution in [3.05, 3.63) is 28.7 Å². The van der Waals surface area contributed by atoms with Crippen LogP contribution in [0.2, 0.25) is 0 Å². The fourth-order valence-electron chi connectivity index (χ4n) is 2.04. The maximum Gasteiger partial charge on any atom is 0.248 e.